The standard InChI is InChI=1S/C11H18N2O/c1-8-5-6-9(12)13(7-8)10(14)11(2,3)4/h5-7,9H,12H2,1-4H3. The van der Waals surface area contributed by atoms with Crippen molar-refractivity contribution in [3.63, 3.8) is 0 Å². The van der Waals surface area contributed by atoms with E-state index in [1.165, 1.54) is 0 Å². The molecule has 1 amide bonds. The molecular weight excluding hydrogens is 176 g/mol. The first-order chi connectivity index (χ1) is 6.32. The summed E-state index contributed by atoms with van der Waals surface area (Å²) < 4.78 is 0. The van der Waals surface area contributed by atoms with Crippen LogP contribution >= 0.6 is 0 Å². The van der Waals surface area contributed by atoms with Crippen molar-refractivity contribution in [2.45, 2.75) is 33.9 Å². The van der Waals surface area contributed by atoms with Gasteiger partial charge in [0.05, 0.1) is 0 Å². The number of nitrogens with two attached hydrogens (primary N) is 1. The molecule has 0 aromatic carbocycles. The molecule has 14 heavy (non-hydrogen) atoms. The molecule has 0 aromatic rings. The predicted molar refractivity (Wildman–Crippen MR) is 57.2 cm³/mol. The molecule has 1 heterocycles. The van der Waals surface area contributed by atoms with Gasteiger partial charge in [-0.3, -0.25) is 9.69 Å². The minimum Gasteiger partial charge on any atom is -0.308 e. The first kappa shape index (κ1) is 11.0. The fourth-order valence-corrected chi connectivity index (χ4v) is 1.27. The maximum Gasteiger partial charge on any atom is 0.233 e. The topological polar surface area (TPSA) is 46.3 Å². The van der Waals surface area contributed by atoms with Crippen LogP contribution in [0.3, 0.4) is 0 Å². The van der Waals surface area contributed by atoms with E-state index in [2.05, 4.69) is 0 Å². The Kier molecular flexibility index (Phi) is 2.81. The van der Waals surface area contributed by atoms with Gasteiger partial charge in [-0.2, -0.15) is 0 Å². The highest BCUT2D eigenvalue weighted by Gasteiger charge is 2.29. The molecule has 0 fully saturated rings. The van der Waals surface area contributed by atoms with Gasteiger partial charge in [-0.1, -0.05) is 26.8 Å². The van der Waals surface area contributed by atoms with Gasteiger partial charge < -0.3 is 5.73 Å². The number of carbonyl (C=O) groups is 1. The van der Waals surface area contributed by atoms with E-state index < -0.39 is 0 Å². The zero-order valence-corrected chi connectivity index (χ0v) is 9.24. The zero-order chi connectivity index (χ0) is 10.9. The van der Waals surface area contributed by atoms with Gasteiger partial charge in [0.15, 0.2) is 0 Å². The lowest BCUT2D eigenvalue weighted by molar-refractivity contribution is -0.137. The molecule has 0 aromatic heterocycles. The van der Waals surface area contributed by atoms with E-state index in [0.29, 0.717) is 0 Å². The van der Waals surface area contributed by atoms with Crippen LogP contribution in [0.1, 0.15) is 27.7 Å². The monoisotopic (exact) mass is 194 g/mol. The van der Waals surface area contributed by atoms with Crippen LogP contribution in [0, 0.1) is 5.41 Å². The molecule has 0 bridgehead atoms. The largest absolute Gasteiger partial charge is 0.308 e. The van der Waals surface area contributed by atoms with Crippen molar-refractivity contribution < 1.29 is 4.79 Å². The molecule has 2 N–H and O–H groups in total. The smallest absolute Gasteiger partial charge is 0.233 e. The molecular formula is C11H18N2O. The summed E-state index contributed by atoms with van der Waals surface area (Å²) >= 11 is 0. The van der Waals surface area contributed by atoms with Gasteiger partial charge >= 0.3 is 0 Å². The van der Waals surface area contributed by atoms with E-state index in [1.54, 1.807) is 11.1 Å². The van der Waals surface area contributed by atoms with Crippen molar-refractivity contribution in [2.75, 3.05) is 0 Å². The molecule has 78 valence electrons. The third kappa shape index (κ3) is 2.23. The number of allylic oxidation sites excluding steroid dienone is 2. The summed E-state index contributed by atoms with van der Waals surface area (Å²) in [6, 6.07) is 0. The molecule has 1 aliphatic heterocycles. The van der Waals surface area contributed by atoms with Crippen molar-refractivity contribution in [2.24, 2.45) is 11.1 Å². The summed E-state index contributed by atoms with van der Waals surface area (Å²) in [5, 5.41) is 0. The molecule has 0 saturated carbocycles. The van der Waals surface area contributed by atoms with Crippen LogP contribution in [0.25, 0.3) is 0 Å². The quantitative estimate of drug-likeness (QED) is 0.637. The molecule has 3 heteroatoms. The molecule has 1 atom stereocenters. The average Bonchev–Trinajstić information content (AvgIpc) is 2.06. The lowest BCUT2D eigenvalue weighted by atomic mass is 9.94. The Morgan fingerprint density at radius 1 is 1.50 bits per heavy atom. The van der Waals surface area contributed by atoms with E-state index >= 15 is 0 Å². The number of rotatable bonds is 0. The van der Waals surface area contributed by atoms with Crippen molar-refractivity contribution in [1.82, 2.24) is 4.90 Å². The van der Waals surface area contributed by atoms with Crippen molar-refractivity contribution in [1.29, 1.82) is 0 Å². The van der Waals surface area contributed by atoms with Gasteiger partial charge in [-0.05, 0) is 18.6 Å². The summed E-state index contributed by atoms with van der Waals surface area (Å²) in [6.45, 7) is 7.63. The van der Waals surface area contributed by atoms with Crippen LogP contribution in [-0.2, 0) is 4.79 Å². The number of amides is 1. The van der Waals surface area contributed by atoms with E-state index in [-0.39, 0.29) is 17.5 Å². The Morgan fingerprint density at radius 2 is 2.07 bits per heavy atom. The van der Waals surface area contributed by atoms with E-state index in [9.17, 15) is 4.79 Å². The van der Waals surface area contributed by atoms with Crippen molar-refractivity contribution in [3.05, 3.63) is 23.9 Å². The number of carbonyl (C=O) groups excluding carboxylic acids is 1. The fourth-order valence-electron chi connectivity index (χ4n) is 1.27. The second kappa shape index (κ2) is 3.58. The Labute approximate surface area is 85.3 Å². The van der Waals surface area contributed by atoms with Gasteiger partial charge in [-0.25, -0.2) is 0 Å². The molecule has 1 aliphatic rings. The van der Waals surface area contributed by atoms with Crippen LogP contribution in [-0.4, -0.2) is 17.0 Å². The Balaban J connectivity index is 2.89. The van der Waals surface area contributed by atoms with E-state index in [0.717, 1.165) is 5.57 Å². The van der Waals surface area contributed by atoms with E-state index in [1.807, 2.05) is 39.8 Å². The van der Waals surface area contributed by atoms with Crippen LogP contribution in [0.15, 0.2) is 23.9 Å². The Hall–Kier alpha value is -1.09. The maximum absolute atomic E-state index is 11.9. The predicted octanol–water partition coefficient (Wildman–Crippen LogP) is 1.62. The summed E-state index contributed by atoms with van der Waals surface area (Å²) in [6.07, 6.45) is 5.24. The first-order valence-electron chi connectivity index (χ1n) is 4.77. The fraction of sp³-hybridized carbons (Fsp3) is 0.545. The number of hydrogen-bond acceptors (Lipinski definition) is 2. The highest BCUT2D eigenvalue weighted by molar-refractivity contribution is 5.83. The summed E-state index contributed by atoms with van der Waals surface area (Å²) in [4.78, 5) is 13.5. The van der Waals surface area contributed by atoms with E-state index in [4.69, 9.17) is 5.73 Å². The molecule has 1 unspecified atom stereocenters. The minimum atomic E-state index is -0.389. The van der Waals surface area contributed by atoms with Gasteiger partial charge in [-0.15, -0.1) is 0 Å². The summed E-state index contributed by atoms with van der Waals surface area (Å²) in [5.74, 6) is 0.0497. The molecule has 0 saturated heterocycles. The third-order valence-corrected chi connectivity index (χ3v) is 2.10. The van der Waals surface area contributed by atoms with Crippen LogP contribution < -0.4 is 5.73 Å². The van der Waals surface area contributed by atoms with Crippen molar-refractivity contribution in [3.8, 4) is 0 Å². The van der Waals surface area contributed by atoms with Gasteiger partial charge in [0.2, 0.25) is 5.91 Å². The lowest BCUT2D eigenvalue weighted by Gasteiger charge is -2.32. The van der Waals surface area contributed by atoms with Crippen LogP contribution in [0.5, 0.6) is 0 Å². The van der Waals surface area contributed by atoms with Crippen molar-refractivity contribution >= 4 is 5.91 Å². The van der Waals surface area contributed by atoms with Crippen LogP contribution in [0.2, 0.25) is 0 Å². The lowest BCUT2D eigenvalue weighted by Crippen LogP contribution is -2.47. The highest BCUT2D eigenvalue weighted by Crippen LogP contribution is 2.21. The third-order valence-electron chi connectivity index (χ3n) is 2.10. The SMILES string of the molecule is CC1=CN(C(=O)C(C)(C)C)C(N)C=C1. The second-order valence-electron chi connectivity index (χ2n) is 4.69. The Bertz CT molecular complexity index is 297. The Morgan fingerprint density at radius 3 is 2.57 bits per heavy atom. The molecule has 0 spiro atoms. The number of hydrogen-bond donors (Lipinski definition) is 1. The van der Waals surface area contributed by atoms with Crippen LogP contribution in [0.4, 0.5) is 0 Å². The number of nitrogens with zero attached hydrogens (tertiary/aromatic N) is 1. The highest BCUT2D eigenvalue weighted by atomic mass is 16.2. The van der Waals surface area contributed by atoms with Gasteiger partial charge in [0.25, 0.3) is 0 Å². The molecule has 3 nitrogen and oxygen atoms in total. The molecule has 1 rings (SSSR count). The maximum atomic E-state index is 11.9. The summed E-state index contributed by atoms with van der Waals surface area (Å²) in [7, 11) is 0. The molecule has 0 aliphatic carbocycles. The second-order valence-corrected chi connectivity index (χ2v) is 4.69. The zero-order valence-electron chi connectivity index (χ0n) is 9.24. The van der Waals surface area contributed by atoms with Gasteiger partial charge in [0.1, 0.15) is 6.17 Å². The normalized spacial score (nSPS) is 22.2. The average molecular weight is 194 g/mol. The molecule has 0 radical (unpaired) electrons. The van der Waals surface area contributed by atoms with Gasteiger partial charge in [0, 0.05) is 11.6 Å². The summed E-state index contributed by atoms with van der Waals surface area (Å²) in [5.41, 5.74) is 6.47. The first-order valence-corrected chi connectivity index (χ1v) is 4.77. The minimum absolute atomic E-state index is 0.0497.